The Kier molecular flexibility index (Phi) is 9.74. The van der Waals surface area contributed by atoms with E-state index in [1.165, 1.54) is 5.57 Å². The summed E-state index contributed by atoms with van der Waals surface area (Å²) in [6.45, 7) is 17.5. The molecular weight excluding hydrogens is 456 g/mol. The van der Waals surface area contributed by atoms with Gasteiger partial charge in [-0.05, 0) is 61.8 Å². The van der Waals surface area contributed by atoms with Crippen molar-refractivity contribution < 1.29 is 0 Å². The van der Waals surface area contributed by atoms with Crippen molar-refractivity contribution in [3.8, 4) is 6.07 Å². The largest absolute Gasteiger partial charge is 0.369 e. The van der Waals surface area contributed by atoms with Gasteiger partial charge >= 0.3 is 0 Å². The van der Waals surface area contributed by atoms with Gasteiger partial charge in [-0.1, -0.05) is 56.9 Å². The first-order valence-corrected chi connectivity index (χ1v) is 12.6. The van der Waals surface area contributed by atoms with Crippen LogP contribution in [0.4, 0.5) is 17.3 Å². The molecule has 6 heteroatoms. The van der Waals surface area contributed by atoms with E-state index < -0.39 is 0 Å². The predicted octanol–water partition coefficient (Wildman–Crippen LogP) is 7.37. The van der Waals surface area contributed by atoms with Crippen molar-refractivity contribution in [3.63, 3.8) is 0 Å². The van der Waals surface area contributed by atoms with E-state index in [0.717, 1.165) is 52.6 Å². The van der Waals surface area contributed by atoms with Gasteiger partial charge in [-0.15, -0.1) is 0 Å². The smallest absolute Gasteiger partial charge is 0.151 e. The summed E-state index contributed by atoms with van der Waals surface area (Å²) in [5, 5.41) is 16.1. The van der Waals surface area contributed by atoms with Crippen molar-refractivity contribution in [2.75, 3.05) is 23.7 Å². The van der Waals surface area contributed by atoms with E-state index in [1.54, 1.807) is 6.20 Å². The summed E-state index contributed by atoms with van der Waals surface area (Å²) in [5.41, 5.74) is 6.39. The zero-order valence-corrected chi connectivity index (χ0v) is 22.3. The highest BCUT2D eigenvalue weighted by molar-refractivity contribution is 5.78. The number of allylic oxidation sites excluding steroid dienone is 7. The van der Waals surface area contributed by atoms with Gasteiger partial charge in [0.15, 0.2) is 5.82 Å². The molecule has 0 saturated carbocycles. The molecule has 2 aromatic rings. The van der Waals surface area contributed by atoms with Crippen LogP contribution < -0.4 is 10.6 Å². The summed E-state index contributed by atoms with van der Waals surface area (Å²) < 4.78 is 0. The van der Waals surface area contributed by atoms with E-state index in [2.05, 4.69) is 77.0 Å². The highest BCUT2D eigenvalue weighted by atomic mass is 15.0. The fourth-order valence-electron chi connectivity index (χ4n) is 4.12. The monoisotopic (exact) mass is 492 g/mol. The van der Waals surface area contributed by atoms with Gasteiger partial charge in [-0.25, -0.2) is 9.97 Å². The highest BCUT2D eigenvalue weighted by Crippen LogP contribution is 2.33. The Labute approximate surface area is 221 Å². The maximum absolute atomic E-state index is 9.43. The fraction of sp³-hybridized carbons (Fsp3) is 0.290. The lowest BCUT2D eigenvalue weighted by Crippen LogP contribution is -2.11. The third kappa shape index (κ3) is 7.14. The van der Waals surface area contributed by atoms with Crippen molar-refractivity contribution >= 4 is 29.6 Å². The summed E-state index contributed by atoms with van der Waals surface area (Å²) in [6.07, 6.45) is 17.2. The molecule has 2 N–H and O–H groups in total. The number of aliphatic imine (C=N–C) groups is 1. The maximum atomic E-state index is 9.43. The third-order valence-electron chi connectivity index (χ3n) is 6.36. The zero-order chi connectivity index (χ0) is 26.8. The van der Waals surface area contributed by atoms with E-state index in [1.807, 2.05) is 50.4 Å². The molecule has 1 unspecified atom stereocenters. The van der Waals surface area contributed by atoms with E-state index in [9.17, 15) is 5.26 Å². The fourth-order valence-corrected chi connectivity index (χ4v) is 4.12. The van der Waals surface area contributed by atoms with Crippen LogP contribution in [0.2, 0.25) is 0 Å². The highest BCUT2D eigenvalue weighted by Gasteiger charge is 2.18. The quantitative estimate of drug-likeness (QED) is 0.253. The summed E-state index contributed by atoms with van der Waals surface area (Å²) in [6, 6.07) is 6.12. The summed E-state index contributed by atoms with van der Waals surface area (Å²) in [7, 11) is 0. The molecule has 6 nitrogen and oxygen atoms in total. The molecule has 0 bridgehead atoms. The van der Waals surface area contributed by atoms with Crippen LogP contribution in [-0.4, -0.2) is 29.8 Å². The lowest BCUT2D eigenvalue weighted by Gasteiger charge is -2.21. The molecule has 0 amide bonds. The van der Waals surface area contributed by atoms with Gasteiger partial charge in [-0.2, -0.15) is 5.26 Å². The molecule has 2 atom stereocenters. The Balaban J connectivity index is 1.73. The van der Waals surface area contributed by atoms with Crippen molar-refractivity contribution in [2.45, 2.75) is 40.0 Å². The minimum atomic E-state index is 0.121. The van der Waals surface area contributed by atoms with Crippen molar-refractivity contribution in [2.24, 2.45) is 10.9 Å². The molecule has 1 aliphatic rings. The number of hydrogen-bond acceptors (Lipinski definition) is 6. The van der Waals surface area contributed by atoms with Crippen LogP contribution in [0.15, 0.2) is 83.7 Å². The van der Waals surface area contributed by atoms with Crippen molar-refractivity contribution in [1.82, 2.24) is 9.97 Å². The first-order chi connectivity index (χ1) is 17.9. The van der Waals surface area contributed by atoms with Crippen molar-refractivity contribution in [1.29, 1.82) is 5.26 Å². The van der Waals surface area contributed by atoms with Crippen LogP contribution in [0.5, 0.6) is 0 Å². The van der Waals surface area contributed by atoms with Gasteiger partial charge in [0.1, 0.15) is 17.6 Å². The Morgan fingerprint density at radius 2 is 2.03 bits per heavy atom. The lowest BCUT2D eigenvalue weighted by molar-refractivity contribution is 0.718. The van der Waals surface area contributed by atoms with E-state index in [4.69, 9.17) is 0 Å². The molecular formula is C31H36N6. The minimum absolute atomic E-state index is 0.121. The number of hydrogen-bond donors (Lipinski definition) is 2. The van der Waals surface area contributed by atoms with E-state index in [-0.39, 0.29) is 5.92 Å². The molecule has 2 aromatic heterocycles. The number of anilines is 2. The molecule has 0 saturated heterocycles. The van der Waals surface area contributed by atoms with Crippen LogP contribution in [0.25, 0.3) is 5.57 Å². The second-order valence-corrected chi connectivity index (χ2v) is 9.14. The van der Waals surface area contributed by atoms with Crippen LogP contribution in [0.3, 0.4) is 0 Å². The van der Waals surface area contributed by atoms with E-state index >= 15 is 0 Å². The summed E-state index contributed by atoms with van der Waals surface area (Å²) in [5.74, 6) is 2.17. The average molecular weight is 493 g/mol. The molecule has 1 aliphatic carbocycles. The Morgan fingerprint density at radius 1 is 1.24 bits per heavy atom. The second kappa shape index (κ2) is 13.2. The second-order valence-electron chi connectivity index (χ2n) is 9.14. The number of nitrogens with one attached hydrogen (secondary N) is 2. The Morgan fingerprint density at radius 3 is 2.68 bits per heavy atom. The molecule has 0 fully saturated rings. The topological polar surface area (TPSA) is 86.0 Å². The molecule has 37 heavy (non-hydrogen) atoms. The third-order valence-corrected chi connectivity index (χ3v) is 6.36. The normalized spacial score (nSPS) is 16.1. The van der Waals surface area contributed by atoms with Gasteiger partial charge in [0, 0.05) is 42.5 Å². The number of nitriles is 1. The average Bonchev–Trinajstić information content (AvgIpc) is 2.92. The maximum Gasteiger partial charge on any atom is 0.151 e. The standard InChI is InChI=1S/C31H36N6/c1-7-25(27-16-29(33-6)31(34-8-2)37-20-27)12-11-22(4)18-35-30-28(15-24(17-32)19-36-30)23(5)26-13-9-21(3)10-14-26/h7,9,11-16,19-21,23H,4,6,8,10,18H2,1-3,5H3,(H,34,37)(H,35,36)/b12-11-,25-7+/t21?,23-/m0/s1. The molecule has 190 valence electrons. The molecule has 0 radical (unpaired) electrons. The van der Waals surface area contributed by atoms with Gasteiger partial charge in [0.25, 0.3) is 0 Å². The predicted molar refractivity (Wildman–Crippen MR) is 156 cm³/mol. The number of rotatable bonds is 11. The summed E-state index contributed by atoms with van der Waals surface area (Å²) >= 11 is 0. The van der Waals surface area contributed by atoms with Crippen LogP contribution >= 0.6 is 0 Å². The van der Waals surface area contributed by atoms with Gasteiger partial charge < -0.3 is 10.6 Å². The zero-order valence-electron chi connectivity index (χ0n) is 22.3. The summed E-state index contributed by atoms with van der Waals surface area (Å²) in [4.78, 5) is 13.2. The van der Waals surface area contributed by atoms with E-state index in [0.29, 0.717) is 18.0 Å². The van der Waals surface area contributed by atoms with Gasteiger partial charge in [0.05, 0.1) is 5.56 Å². The number of pyridine rings is 2. The van der Waals surface area contributed by atoms with Crippen LogP contribution in [0, 0.1) is 17.2 Å². The lowest BCUT2D eigenvalue weighted by atomic mass is 9.87. The Hall–Kier alpha value is -4.24. The van der Waals surface area contributed by atoms with Crippen LogP contribution in [0.1, 0.15) is 56.7 Å². The van der Waals surface area contributed by atoms with Gasteiger partial charge in [-0.3, -0.25) is 4.99 Å². The molecule has 3 rings (SSSR count). The molecule has 0 spiro atoms. The SMILES string of the molecule is C=Nc1cc(C(/C=C\C(=C)CNc2ncc(C#N)cc2[C@@H](C)C2=CCC(C)C=C2)=C/C)cnc1NCC. The number of aromatic nitrogens is 2. The van der Waals surface area contributed by atoms with Crippen LogP contribution in [-0.2, 0) is 0 Å². The first-order valence-electron chi connectivity index (χ1n) is 12.6. The minimum Gasteiger partial charge on any atom is -0.369 e. The molecule has 0 aromatic carbocycles. The van der Waals surface area contributed by atoms with Gasteiger partial charge in [0.2, 0.25) is 0 Å². The molecule has 2 heterocycles. The Bertz CT molecular complexity index is 1310. The molecule has 0 aliphatic heterocycles. The first kappa shape index (κ1) is 27.3. The van der Waals surface area contributed by atoms with Crippen molar-refractivity contribution in [3.05, 3.63) is 95.4 Å². The number of nitrogens with zero attached hydrogens (tertiary/aromatic N) is 4.